The summed E-state index contributed by atoms with van der Waals surface area (Å²) < 4.78 is 40.2. The van der Waals surface area contributed by atoms with Gasteiger partial charge in [0.05, 0.1) is 59.5 Å². The van der Waals surface area contributed by atoms with Crippen LogP contribution in [-0.2, 0) is 28.4 Å². The number of ether oxygens (including phenoxy) is 7. The van der Waals surface area contributed by atoms with Crippen molar-refractivity contribution >= 4 is 0 Å². The van der Waals surface area contributed by atoms with Crippen LogP contribution in [0.4, 0.5) is 0 Å². The molecule has 0 amide bonds. The fraction of sp³-hybridized carbons (Fsp3) is 0.714. The average molecular weight is 593 g/mol. The fourth-order valence-electron chi connectivity index (χ4n) is 4.16. The second-order valence-electron chi connectivity index (χ2n) is 10.3. The van der Waals surface area contributed by atoms with Gasteiger partial charge >= 0.3 is 0 Å². The molecule has 0 aliphatic carbocycles. The molecule has 0 fully saturated rings. The van der Waals surface area contributed by atoms with Crippen LogP contribution in [0, 0.1) is 0 Å². The molecule has 1 unspecified atom stereocenters. The Kier molecular flexibility index (Phi) is 29.3. The first-order chi connectivity index (χ1) is 20.9. The van der Waals surface area contributed by atoms with Crippen LogP contribution in [0.3, 0.4) is 0 Å². The summed E-state index contributed by atoms with van der Waals surface area (Å²) in [6.45, 7) is 14.4. The highest BCUT2D eigenvalue weighted by atomic mass is 16.6. The van der Waals surface area contributed by atoms with Crippen LogP contribution in [0.25, 0.3) is 0 Å². The third kappa shape index (κ3) is 27.1. The summed E-state index contributed by atoms with van der Waals surface area (Å²) in [5, 5.41) is 0. The molecule has 1 atom stereocenters. The van der Waals surface area contributed by atoms with Crippen LogP contribution in [0.15, 0.2) is 55.6 Å². The Balaban J connectivity index is 2.01. The predicted octanol–water partition coefficient (Wildman–Crippen LogP) is 7.59. The van der Waals surface area contributed by atoms with Gasteiger partial charge in [-0.05, 0) is 50.7 Å². The Labute approximate surface area is 256 Å². The predicted molar refractivity (Wildman–Crippen MR) is 172 cm³/mol. The van der Waals surface area contributed by atoms with Crippen LogP contribution >= 0.6 is 0 Å². The maximum Gasteiger partial charge on any atom is 0.119 e. The quantitative estimate of drug-likeness (QED) is 0.0604. The SMILES string of the molecule is C=CCCCCCCCOCC(COCCOCCOCCOCCOc1ccccc1)OCCCCCCCC=C. The molecular weight excluding hydrogens is 532 g/mol. The van der Waals surface area contributed by atoms with Gasteiger partial charge in [-0.2, -0.15) is 0 Å². The van der Waals surface area contributed by atoms with Crippen molar-refractivity contribution < 1.29 is 33.2 Å². The first kappa shape index (κ1) is 38.3. The molecule has 7 nitrogen and oxygen atoms in total. The molecule has 0 aliphatic rings. The van der Waals surface area contributed by atoms with E-state index in [1.54, 1.807) is 0 Å². The van der Waals surface area contributed by atoms with Crippen LogP contribution in [0.1, 0.15) is 77.0 Å². The van der Waals surface area contributed by atoms with E-state index in [0.717, 1.165) is 44.6 Å². The summed E-state index contributed by atoms with van der Waals surface area (Å²) in [7, 11) is 0. The molecule has 0 radical (unpaired) electrons. The van der Waals surface area contributed by atoms with Crippen molar-refractivity contribution in [1.29, 1.82) is 0 Å². The lowest BCUT2D eigenvalue weighted by Gasteiger charge is -2.18. The van der Waals surface area contributed by atoms with Gasteiger partial charge < -0.3 is 33.2 Å². The normalized spacial score (nSPS) is 11.9. The molecule has 1 aromatic rings. The largest absolute Gasteiger partial charge is 0.491 e. The van der Waals surface area contributed by atoms with E-state index in [2.05, 4.69) is 13.2 Å². The molecule has 242 valence electrons. The second kappa shape index (κ2) is 32.2. The van der Waals surface area contributed by atoms with Gasteiger partial charge in [-0.25, -0.2) is 0 Å². The molecule has 0 aromatic heterocycles. The van der Waals surface area contributed by atoms with Gasteiger partial charge in [-0.15, -0.1) is 13.2 Å². The molecule has 42 heavy (non-hydrogen) atoms. The third-order valence-corrected chi connectivity index (χ3v) is 6.57. The molecule has 0 heterocycles. The lowest BCUT2D eigenvalue weighted by Crippen LogP contribution is -2.27. The van der Waals surface area contributed by atoms with Crippen molar-refractivity contribution in [3.8, 4) is 5.75 Å². The Morgan fingerprint density at radius 1 is 0.476 bits per heavy atom. The summed E-state index contributed by atoms with van der Waals surface area (Å²) in [6, 6.07) is 9.73. The molecule has 0 aliphatic heterocycles. The smallest absolute Gasteiger partial charge is 0.119 e. The number of rotatable bonds is 34. The topological polar surface area (TPSA) is 64.6 Å². The van der Waals surface area contributed by atoms with Gasteiger partial charge in [0.2, 0.25) is 0 Å². The molecule has 0 bridgehead atoms. The number of hydrogen-bond acceptors (Lipinski definition) is 7. The van der Waals surface area contributed by atoms with Gasteiger partial charge in [0.15, 0.2) is 0 Å². The third-order valence-electron chi connectivity index (χ3n) is 6.57. The van der Waals surface area contributed by atoms with Crippen molar-refractivity contribution in [2.45, 2.75) is 83.2 Å². The van der Waals surface area contributed by atoms with Gasteiger partial charge in [-0.1, -0.05) is 68.9 Å². The van der Waals surface area contributed by atoms with E-state index in [-0.39, 0.29) is 6.10 Å². The molecule has 0 saturated carbocycles. The van der Waals surface area contributed by atoms with E-state index in [9.17, 15) is 0 Å². The standard InChI is InChI=1S/C35H60O7/c1-3-5-7-9-11-13-18-22-39-32-35(41-23-19-14-12-10-8-6-4-2)33-40-29-28-37-25-24-36-26-27-38-30-31-42-34-20-16-15-17-21-34/h3-4,15-17,20-21,35H,1-2,5-14,18-19,22-33H2. The van der Waals surface area contributed by atoms with E-state index in [0.29, 0.717) is 66.1 Å². The van der Waals surface area contributed by atoms with Gasteiger partial charge in [0.25, 0.3) is 0 Å². The molecule has 0 saturated heterocycles. The zero-order valence-electron chi connectivity index (χ0n) is 26.4. The Morgan fingerprint density at radius 3 is 1.50 bits per heavy atom. The van der Waals surface area contributed by atoms with Crippen molar-refractivity contribution in [2.24, 2.45) is 0 Å². The monoisotopic (exact) mass is 592 g/mol. The zero-order chi connectivity index (χ0) is 30.0. The maximum absolute atomic E-state index is 6.12. The first-order valence-corrected chi connectivity index (χ1v) is 16.3. The van der Waals surface area contributed by atoms with Crippen molar-refractivity contribution in [2.75, 3.05) is 79.3 Å². The molecule has 1 aromatic carbocycles. The first-order valence-electron chi connectivity index (χ1n) is 16.3. The average Bonchev–Trinajstić information content (AvgIpc) is 3.01. The molecular formula is C35H60O7. The number of unbranched alkanes of at least 4 members (excludes halogenated alkanes) is 10. The van der Waals surface area contributed by atoms with E-state index in [1.807, 2.05) is 42.5 Å². The summed E-state index contributed by atoms with van der Waals surface area (Å²) in [6.07, 6.45) is 18.3. The minimum Gasteiger partial charge on any atom is -0.491 e. The van der Waals surface area contributed by atoms with Crippen molar-refractivity contribution in [3.63, 3.8) is 0 Å². The summed E-state index contributed by atoms with van der Waals surface area (Å²) in [5.74, 6) is 0.854. The molecule has 7 heteroatoms. The van der Waals surface area contributed by atoms with Crippen molar-refractivity contribution in [1.82, 2.24) is 0 Å². The number of para-hydroxylation sites is 1. The van der Waals surface area contributed by atoms with Crippen LogP contribution < -0.4 is 4.74 Å². The van der Waals surface area contributed by atoms with Crippen molar-refractivity contribution in [3.05, 3.63) is 55.6 Å². The van der Waals surface area contributed by atoms with E-state index < -0.39 is 0 Å². The number of hydrogen-bond donors (Lipinski definition) is 0. The van der Waals surface area contributed by atoms with E-state index in [1.165, 1.54) is 51.4 Å². The highest BCUT2D eigenvalue weighted by Crippen LogP contribution is 2.09. The molecule has 0 spiro atoms. The van der Waals surface area contributed by atoms with Crippen LogP contribution in [0.5, 0.6) is 5.75 Å². The van der Waals surface area contributed by atoms with Crippen LogP contribution in [0.2, 0.25) is 0 Å². The van der Waals surface area contributed by atoms with E-state index in [4.69, 9.17) is 33.2 Å². The van der Waals surface area contributed by atoms with Gasteiger partial charge in [0.1, 0.15) is 18.5 Å². The zero-order valence-corrected chi connectivity index (χ0v) is 26.4. The minimum atomic E-state index is -0.0419. The number of benzene rings is 1. The summed E-state index contributed by atoms with van der Waals surface area (Å²) >= 11 is 0. The highest BCUT2D eigenvalue weighted by Gasteiger charge is 2.10. The van der Waals surface area contributed by atoms with Crippen LogP contribution in [-0.4, -0.2) is 85.4 Å². The lowest BCUT2D eigenvalue weighted by atomic mass is 10.1. The van der Waals surface area contributed by atoms with Gasteiger partial charge in [-0.3, -0.25) is 0 Å². The van der Waals surface area contributed by atoms with Gasteiger partial charge in [0, 0.05) is 13.2 Å². The Hall–Kier alpha value is -1.74. The Bertz CT molecular complexity index is 685. The lowest BCUT2D eigenvalue weighted by molar-refractivity contribution is -0.0701. The highest BCUT2D eigenvalue weighted by molar-refractivity contribution is 5.20. The Morgan fingerprint density at radius 2 is 0.929 bits per heavy atom. The molecule has 1 rings (SSSR count). The fourth-order valence-corrected chi connectivity index (χ4v) is 4.16. The minimum absolute atomic E-state index is 0.0419. The summed E-state index contributed by atoms with van der Waals surface area (Å²) in [5.41, 5.74) is 0. The second-order valence-corrected chi connectivity index (χ2v) is 10.3. The maximum atomic E-state index is 6.12. The number of allylic oxidation sites excluding steroid dienone is 2. The summed E-state index contributed by atoms with van der Waals surface area (Å²) in [4.78, 5) is 0. The van der Waals surface area contributed by atoms with E-state index >= 15 is 0 Å². The molecule has 0 N–H and O–H groups in total.